The minimum Gasteiger partial charge on any atom is -0.340 e. The van der Waals surface area contributed by atoms with E-state index in [1.54, 1.807) is 19.1 Å². The van der Waals surface area contributed by atoms with Crippen molar-refractivity contribution in [1.82, 2.24) is 9.88 Å². The van der Waals surface area contributed by atoms with Gasteiger partial charge in [-0.1, -0.05) is 23.6 Å². The van der Waals surface area contributed by atoms with Crippen LogP contribution in [-0.2, 0) is 6.54 Å². The molecule has 0 aliphatic carbocycles. The minimum atomic E-state index is -4.64. The minimum absolute atomic E-state index is 0.128. The molecule has 120 valence electrons. The van der Waals surface area contributed by atoms with E-state index in [1.165, 1.54) is 12.1 Å². The summed E-state index contributed by atoms with van der Waals surface area (Å²) in [5.74, 6) is 1.33. The van der Waals surface area contributed by atoms with Crippen molar-refractivity contribution in [2.75, 3.05) is 6.54 Å². The van der Waals surface area contributed by atoms with Crippen molar-refractivity contribution in [2.24, 2.45) is 0 Å². The van der Waals surface area contributed by atoms with Crippen LogP contribution in [0.1, 0.15) is 16.1 Å². The molecule has 0 fully saturated rings. The Morgan fingerprint density at radius 1 is 1.35 bits per heavy atom. The number of aryl methyl sites for hydroxylation is 1. The van der Waals surface area contributed by atoms with Gasteiger partial charge >= 0.3 is 6.18 Å². The predicted octanol–water partition coefficient (Wildman–Crippen LogP) is 2.24. The molecule has 1 aromatic heterocycles. The van der Waals surface area contributed by atoms with Crippen LogP contribution in [0.3, 0.4) is 0 Å². The Bertz CT molecular complexity index is 860. The van der Waals surface area contributed by atoms with E-state index in [4.69, 9.17) is 6.42 Å². The SMILES string of the molecule is C#CCNC(=O)c1cc2ccc(C)cc2c(=O)n1CC(F)(F)F. The van der Waals surface area contributed by atoms with Crippen LogP contribution >= 0.6 is 0 Å². The largest absolute Gasteiger partial charge is 0.406 e. The summed E-state index contributed by atoms with van der Waals surface area (Å²) in [6.07, 6.45) is 0.382. The molecule has 0 radical (unpaired) electrons. The fraction of sp³-hybridized carbons (Fsp3) is 0.250. The first-order valence-corrected chi connectivity index (χ1v) is 6.65. The summed E-state index contributed by atoms with van der Waals surface area (Å²) < 4.78 is 38.7. The number of hydrogen-bond donors (Lipinski definition) is 1. The summed E-state index contributed by atoms with van der Waals surface area (Å²) in [6.45, 7) is 0.0278. The van der Waals surface area contributed by atoms with Crippen LogP contribution in [0.2, 0.25) is 0 Å². The Kier molecular flexibility index (Phi) is 4.45. The lowest BCUT2D eigenvalue weighted by molar-refractivity contribution is -0.141. The molecule has 1 aromatic carbocycles. The molecule has 7 heteroatoms. The number of nitrogens with one attached hydrogen (secondary N) is 1. The molecule has 0 saturated carbocycles. The third-order valence-corrected chi connectivity index (χ3v) is 3.19. The number of nitrogens with zero attached hydrogens (tertiary/aromatic N) is 1. The fourth-order valence-electron chi connectivity index (χ4n) is 2.21. The number of carbonyl (C=O) groups excluding carboxylic acids is 1. The third-order valence-electron chi connectivity index (χ3n) is 3.19. The van der Waals surface area contributed by atoms with Crippen molar-refractivity contribution < 1.29 is 18.0 Å². The number of aromatic nitrogens is 1. The van der Waals surface area contributed by atoms with Gasteiger partial charge < -0.3 is 5.32 Å². The van der Waals surface area contributed by atoms with Crippen molar-refractivity contribution in [2.45, 2.75) is 19.6 Å². The molecule has 0 unspecified atom stereocenters. The number of benzene rings is 1. The first-order valence-electron chi connectivity index (χ1n) is 6.65. The second kappa shape index (κ2) is 6.16. The number of hydrogen-bond acceptors (Lipinski definition) is 2. The number of rotatable bonds is 3. The zero-order chi connectivity index (χ0) is 17.2. The van der Waals surface area contributed by atoms with Gasteiger partial charge in [0.05, 0.1) is 6.54 Å². The number of halogens is 3. The molecule has 0 atom stereocenters. The maximum absolute atomic E-state index is 12.8. The summed E-state index contributed by atoms with van der Waals surface area (Å²) in [4.78, 5) is 24.4. The number of amides is 1. The smallest absolute Gasteiger partial charge is 0.340 e. The Morgan fingerprint density at radius 3 is 2.65 bits per heavy atom. The van der Waals surface area contributed by atoms with Gasteiger partial charge in [-0.15, -0.1) is 6.42 Å². The zero-order valence-electron chi connectivity index (χ0n) is 12.2. The molecular formula is C16H13F3N2O2. The van der Waals surface area contributed by atoms with E-state index in [9.17, 15) is 22.8 Å². The van der Waals surface area contributed by atoms with Gasteiger partial charge in [-0.2, -0.15) is 13.2 Å². The van der Waals surface area contributed by atoms with Gasteiger partial charge in [0.1, 0.15) is 12.2 Å². The average molecular weight is 322 g/mol. The second-order valence-electron chi connectivity index (χ2n) is 5.01. The van der Waals surface area contributed by atoms with E-state index < -0.39 is 24.2 Å². The van der Waals surface area contributed by atoms with Gasteiger partial charge in [0.2, 0.25) is 0 Å². The van der Waals surface area contributed by atoms with Gasteiger partial charge in [0, 0.05) is 5.39 Å². The molecule has 0 spiro atoms. The lowest BCUT2D eigenvalue weighted by Crippen LogP contribution is -2.36. The molecule has 2 aromatic rings. The van der Waals surface area contributed by atoms with Crippen LogP contribution in [0.5, 0.6) is 0 Å². The highest BCUT2D eigenvalue weighted by molar-refractivity contribution is 5.96. The number of carbonyl (C=O) groups is 1. The lowest BCUT2D eigenvalue weighted by Gasteiger charge is -2.15. The number of terminal acetylenes is 1. The molecule has 23 heavy (non-hydrogen) atoms. The van der Waals surface area contributed by atoms with Gasteiger partial charge in [-0.25, -0.2) is 0 Å². The van der Waals surface area contributed by atoms with Crippen molar-refractivity contribution in [1.29, 1.82) is 0 Å². The fourth-order valence-corrected chi connectivity index (χ4v) is 2.21. The highest BCUT2D eigenvalue weighted by Gasteiger charge is 2.31. The highest BCUT2D eigenvalue weighted by atomic mass is 19.4. The summed E-state index contributed by atoms with van der Waals surface area (Å²) >= 11 is 0. The molecule has 0 aliphatic rings. The van der Waals surface area contributed by atoms with Crippen molar-refractivity contribution in [3.63, 3.8) is 0 Å². The third kappa shape index (κ3) is 3.72. The predicted molar refractivity (Wildman–Crippen MR) is 80.2 cm³/mol. The highest BCUT2D eigenvalue weighted by Crippen LogP contribution is 2.20. The lowest BCUT2D eigenvalue weighted by atomic mass is 10.1. The van der Waals surface area contributed by atoms with Gasteiger partial charge in [0.15, 0.2) is 0 Å². The van der Waals surface area contributed by atoms with E-state index in [2.05, 4.69) is 11.2 Å². The monoisotopic (exact) mass is 322 g/mol. The molecule has 1 amide bonds. The zero-order valence-corrected chi connectivity index (χ0v) is 12.2. The van der Waals surface area contributed by atoms with E-state index >= 15 is 0 Å². The molecule has 0 saturated heterocycles. The molecule has 1 heterocycles. The number of fused-ring (bicyclic) bond motifs is 1. The van der Waals surface area contributed by atoms with E-state index in [1.807, 2.05) is 0 Å². The summed E-state index contributed by atoms with van der Waals surface area (Å²) in [7, 11) is 0. The van der Waals surface area contributed by atoms with Crippen molar-refractivity contribution in [3.05, 3.63) is 45.9 Å². The quantitative estimate of drug-likeness (QED) is 0.881. The van der Waals surface area contributed by atoms with E-state index in [0.717, 1.165) is 5.56 Å². The molecule has 2 rings (SSSR count). The molecule has 1 N–H and O–H groups in total. The van der Waals surface area contributed by atoms with Crippen molar-refractivity contribution >= 4 is 16.7 Å². The van der Waals surface area contributed by atoms with Gasteiger partial charge in [0.25, 0.3) is 11.5 Å². The summed E-state index contributed by atoms with van der Waals surface area (Å²) in [6, 6.07) is 6.04. The molecule has 0 bridgehead atoms. The molecule has 4 nitrogen and oxygen atoms in total. The Hall–Kier alpha value is -2.75. The van der Waals surface area contributed by atoms with Crippen LogP contribution in [0.15, 0.2) is 29.1 Å². The Balaban J connectivity index is 2.70. The topological polar surface area (TPSA) is 51.1 Å². The molecule has 0 aliphatic heterocycles. The van der Waals surface area contributed by atoms with Crippen LogP contribution in [0.4, 0.5) is 13.2 Å². The maximum atomic E-state index is 12.8. The first-order chi connectivity index (χ1) is 10.7. The van der Waals surface area contributed by atoms with Gasteiger partial charge in [-0.3, -0.25) is 14.2 Å². The van der Waals surface area contributed by atoms with Crippen LogP contribution in [-0.4, -0.2) is 23.2 Å². The average Bonchev–Trinajstić information content (AvgIpc) is 2.46. The number of pyridine rings is 1. The van der Waals surface area contributed by atoms with Gasteiger partial charge in [-0.05, 0) is 24.4 Å². The van der Waals surface area contributed by atoms with Crippen LogP contribution in [0.25, 0.3) is 10.8 Å². The second-order valence-corrected chi connectivity index (χ2v) is 5.01. The first kappa shape index (κ1) is 16.6. The van der Waals surface area contributed by atoms with Crippen LogP contribution < -0.4 is 10.9 Å². The normalized spacial score (nSPS) is 11.3. The standard InChI is InChI=1S/C16H13F3N2O2/c1-3-6-20-14(22)13-8-11-5-4-10(2)7-12(11)15(23)21(13)9-16(17,18)19/h1,4-5,7-8H,6,9H2,2H3,(H,20,22). The van der Waals surface area contributed by atoms with E-state index in [0.29, 0.717) is 9.95 Å². The maximum Gasteiger partial charge on any atom is 0.406 e. The Morgan fingerprint density at radius 2 is 2.04 bits per heavy atom. The molecular weight excluding hydrogens is 309 g/mol. The summed E-state index contributed by atoms with van der Waals surface area (Å²) in [5.41, 5.74) is -0.508. The Labute approximate surface area is 129 Å². The van der Waals surface area contributed by atoms with Crippen molar-refractivity contribution in [3.8, 4) is 12.3 Å². The van der Waals surface area contributed by atoms with Crippen LogP contribution in [0, 0.1) is 19.3 Å². The number of alkyl halides is 3. The summed E-state index contributed by atoms with van der Waals surface area (Å²) in [5, 5.41) is 2.80. The van der Waals surface area contributed by atoms with E-state index in [-0.39, 0.29) is 17.6 Å².